The molecule has 0 spiro atoms. The van der Waals surface area contributed by atoms with E-state index in [2.05, 4.69) is 28.8 Å². The van der Waals surface area contributed by atoms with Gasteiger partial charge in [-0.15, -0.1) is 0 Å². The Labute approximate surface area is 140 Å². The number of carbonyl (C=O) groups excluding carboxylic acids is 1. The van der Waals surface area contributed by atoms with Crippen molar-refractivity contribution in [3.05, 3.63) is 59.7 Å². The van der Waals surface area contributed by atoms with Crippen LogP contribution in [0.5, 0.6) is 0 Å². The van der Waals surface area contributed by atoms with Gasteiger partial charge in [-0.1, -0.05) is 18.2 Å². The lowest BCUT2D eigenvalue weighted by Crippen LogP contribution is -2.36. The van der Waals surface area contributed by atoms with Crippen LogP contribution >= 0.6 is 0 Å². The van der Waals surface area contributed by atoms with Crippen LogP contribution in [0.1, 0.15) is 34.7 Å². The Kier molecular flexibility index (Phi) is 3.05. The maximum Gasteiger partial charge on any atom is 0.289 e. The number of fused-ring (bicyclic) bond motifs is 3. The molecule has 1 saturated carbocycles. The number of aromatic nitrogens is 1. The number of rotatable bonds is 3. The summed E-state index contributed by atoms with van der Waals surface area (Å²) < 4.78 is 7.80. The van der Waals surface area contributed by atoms with Gasteiger partial charge in [-0.05, 0) is 37.0 Å². The highest BCUT2D eigenvalue weighted by atomic mass is 16.3. The van der Waals surface area contributed by atoms with Crippen LogP contribution in [0, 0.1) is 5.92 Å². The van der Waals surface area contributed by atoms with Crippen LogP contribution in [0.3, 0.4) is 0 Å². The first-order valence-electron chi connectivity index (χ1n) is 8.73. The molecule has 0 saturated heterocycles. The average molecular weight is 320 g/mol. The topological polar surface area (TPSA) is 38.4 Å². The van der Waals surface area contributed by atoms with Gasteiger partial charge in [-0.25, -0.2) is 0 Å². The Balaban J connectivity index is 1.54. The molecule has 4 nitrogen and oxygen atoms in total. The van der Waals surface area contributed by atoms with E-state index in [1.807, 2.05) is 4.90 Å². The Hall–Kier alpha value is -2.49. The molecular weight excluding hydrogens is 300 g/mol. The minimum atomic E-state index is -0.00956. The third kappa shape index (κ3) is 2.17. The molecule has 1 fully saturated rings. The van der Waals surface area contributed by atoms with Crippen molar-refractivity contribution in [2.45, 2.75) is 32.4 Å². The molecule has 0 radical (unpaired) electrons. The second-order valence-electron chi connectivity index (χ2n) is 6.95. The molecule has 0 atom stereocenters. The molecule has 3 aromatic rings. The summed E-state index contributed by atoms with van der Waals surface area (Å²) in [6, 6.07) is 12.1. The molecule has 1 aliphatic carbocycles. The summed E-state index contributed by atoms with van der Waals surface area (Å²) in [5.74, 6) is 1.26. The van der Waals surface area contributed by atoms with Gasteiger partial charge < -0.3 is 13.9 Å². The number of furan rings is 1. The summed E-state index contributed by atoms with van der Waals surface area (Å²) in [7, 11) is 0. The number of hydrogen-bond acceptors (Lipinski definition) is 2. The number of amides is 1. The van der Waals surface area contributed by atoms with E-state index in [1.165, 1.54) is 35.0 Å². The zero-order chi connectivity index (χ0) is 16.1. The molecule has 1 aliphatic heterocycles. The maximum absolute atomic E-state index is 12.6. The Morgan fingerprint density at radius 2 is 2.04 bits per heavy atom. The minimum absolute atomic E-state index is 0.00956. The summed E-state index contributed by atoms with van der Waals surface area (Å²) >= 11 is 0. The van der Waals surface area contributed by atoms with Crippen LogP contribution in [-0.2, 0) is 19.5 Å². The fourth-order valence-electron chi connectivity index (χ4n) is 3.90. The van der Waals surface area contributed by atoms with Crippen LogP contribution < -0.4 is 0 Å². The lowest BCUT2D eigenvalue weighted by molar-refractivity contribution is 0.0701. The molecule has 0 N–H and O–H groups in total. The quantitative estimate of drug-likeness (QED) is 0.735. The van der Waals surface area contributed by atoms with Crippen molar-refractivity contribution in [1.82, 2.24) is 9.47 Å². The van der Waals surface area contributed by atoms with Crippen molar-refractivity contribution >= 4 is 16.8 Å². The van der Waals surface area contributed by atoms with E-state index >= 15 is 0 Å². The minimum Gasteiger partial charge on any atom is -0.459 e. The molecule has 3 heterocycles. The highest BCUT2D eigenvalue weighted by Crippen LogP contribution is 2.36. The fraction of sp³-hybridized carbons (Fsp3) is 0.350. The summed E-state index contributed by atoms with van der Waals surface area (Å²) in [5, 5.41) is 1.30. The SMILES string of the molecule is O=C(c1ccco1)N1CCc2c(c3ccccc3n2CC2CC2)C1. The normalized spacial score (nSPS) is 17.2. The van der Waals surface area contributed by atoms with Crippen molar-refractivity contribution in [2.24, 2.45) is 5.92 Å². The first kappa shape index (κ1) is 13.9. The van der Waals surface area contributed by atoms with Gasteiger partial charge in [0.1, 0.15) is 0 Å². The largest absolute Gasteiger partial charge is 0.459 e. The van der Waals surface area contributed by atoms with E-state index in [0.29, 0.717) is 12.3 Å². The van der Waals surface area contributed by atoms with Crippen LogP contribution in [0.4, 0.5) is 0 Å². The second-order valence-corrected chi connectivity index (χ2v) is 6.95. The zero-order valence-corrected chi connectivity index (χ0v) is 13.6. The monoisotopic (exact) mass is 320 g/mol. The van der Waals surface area contributed by atoms with Crippen LogP contribution in [0.15, 0.2) is 47.1 Å². The number of carbonyl (C=O) groups is 1. The van der Waals surface area contributed by atoms with Crippen molar-refractivity contribution < 1.29 is 9.21 Å². The van der Waals surface area contributed by atoms with E-state index in [-0.39, 0.29) is 5.91 Å². The molecule has 24 heavy (non-hydrogen) atoms. The third-order valence-corrected chi connectivity index (χ3v) is 5.32. The smallest absolute Gasteiger partial charge is 0.289 e. The van der Waals surface area contributed by atoms with Gasteiger partial charge in [0.15, 0.2) is 5.76 Å². The number of nitrogens with zero attached hydrogens (tertiary/aromatic N) is 2. The van der Waals surface area contributed by atoms with Crippen molar-refractivity contribution in [3.63, 3.8) is 0 Å². The molecule has 2 aliphatic rings. The lowest BCUT2D eigenvalue weighted by atomic mass is 10.0. The van der Waals surface area contributed by atoms with E-state index in [4.69, 9.17) is 4.42 Å². The Morgan fingerprint density at radius 3 is 2.83 bits per heavy atom. The predicted octanol–water partition coefficient (Wildman–Crippen LogP) is 3.84. The van der Waals surface area contributed by atoms with Gasteiger partial charge in [0, 0.05) is 48.2 Å². The molecule has 2 aromatic heterocycles. The average Bonchev–Trinajstić information content (AvgIpc) is 3.17. The van der Waals surface area contributed by atoms with Gasteiger partial charge in [-0.2, -0.15) is 0 Å². The van der Waals surface area contributed by atoms with Gasteiger partial charge >= 0.3 is 0 Å². The molecule has 1 amide bonds. The first-order valence-corrected chi connectivity index (χ1v) is 8.73. The lowest BCUT2D eigenvalue weighted by Gasteiger charge is -2.27. The Morgan fingerprint density at radius 1 is 1.17 bits per heavy atom. The summed E-state index contributed by atoms with van der Waals surface area (Å²) in [4.78, 5) is 14.5. The van der Waals surface area contributed by atoms with E-state index in [1.54, 1.807) is 18.4 Å². The highest BCUT2D eigenvalue weighted by Gasteiger charge is 2.30. The van der Waals surface area contributed by atoms with E-state index < -0.39 is 0 Å². The van der Waals surface area contributed by atoms with E-state index in [9.17, 15) is 4.79 Å². The van der Waals surface area contributed by atoms with Crippen LogP contribution in [0.25, 0.3) is 10.9 Å². The van der Waals surface area contributed by atoms with Crippen molar-refractivity contribution in [3.8, 4) is 0 Å². The highest BCUT2D eigenvalue weighted by molar-refractivity contribution is 5.92. The summed E-state index contributed by atoms with van der Waals surface area (Å²) in [5.41, 5.74) is 4.06. The molecule has 1 aromatic carbocycles. The van der Waals surface area contributed by atoms with Crippen LogP contribution in [-0.4, -0.2) is 21.9 Å². The van der Waals surface area contributed by atoms with Gasteiger partial charge in [0.25, 0.3) is 5.91 Å². The van der Waals surface area contributed by atoms with Gasteiger partial charge in [-0.3, -0.25) is 4.79 Å². The standard InChI is InChI=1S/C20H20N2O2/c23-20(19-6-3-11-24-19)21-10-9-18-16(13-21)15-4-1-2-5-17(15)22(18)12-14-7-8-14/h1-6,11,14H,7-10,12-13H2. The maximum atomic E-state index is 12.6. The fourth-order valence-corrected chi connectivity index (χ4v) is 3.90. The molecule has 0 bridgehead atoms. The number of para-hydroxylation sites is 1. The zero-order valence-electron chi connectivity index (χ0n) is 13.6. The van der Waals surface area contributed by atoms with Crippen molar-refractivity contribution in [1.29, 1.82) is 0 Å². The Bertz CT molecular complexity index is 903. The molecule has 0 unspecified atom stereocenters. The molecule has 122 valence electrons. The van der Waals surface area contributed by atoms with E-state index in [0.717, 1.165) is 25.4 Å². The van der Waals surface area contributed by atoms with Gasteiger partial charge in [0.05, 0.1) is 6.26 Å². The third-order valence-electron chi connectivity index (χ3n) is 5.32. The second kappa shape index (κ2) is 5.26. The molecule has 4 heteroatoms. The molecule has 5 rings (SSSR count). The van der Waals surface area contributed by atoms with Crippen LogP contribution in [0.2, 0.25) is 0 Å². The summed E-state index contributed by atoms with van der Waals surface area (Å²) in [6.45, 7) is 2.56. The van der Waals surface area contributed by atoms with Crippen molar-refractivity contribution in [2.75, 3.05) is 6.54 Å². The van der Waals surface area contributed by atoms with Gasteiger partial charge in [0.2, 0.25) is 0 Å². The number of hydrogen-bond donors (Lipinski definition) is 0. The first-order chi connectivity index (χ1) is 11.8. The number of benzene rings is 1. The predicted molar refractivity (Wildman–Crippen MR) is 91.8 cm³/mol. The summed E-state index contributed by atoms with van der Waals surface area (Å²) in [6.07, 6.45) is 5.18. The molecular formula is C20H20N2O2.